The highest BCUT2D eigenvalue weighted by Crippen LogP contribution is 2.15. The van der Waals surface area contributed by atoms with Crippen LogP contribution in [0, 0.1) is 0 Å². The van der Waals surface area contributed by atoms with Gasteiger partial charge in [-0.25, -0.2) is 9.97 Å². The number of rotatable bonds is 4. The molecule has 2 aromatic heterocycles. The van der Waals surface area contributed by atoms with Crippen molar-refractivity contribution < 1.29 is 9.21 Å². The number of H-pyrrole nitrogens is 1. The van der Waals surface area contributed by atoms with Gasteiger partial charge < -0.3 is 14.7 Å². The Kier molecular flexibility index (Phi) is 3.28. The molecule has 1 aromatic carbocycles. The molecule has 100 valence electrons. The van der Waals surface area contributed by atoms with Gasteiger partial charge in [0, 0.05) is 24.5 Å². The minimum atomic E-state index is -0.233. The fraction of sp³-hybridized carbons (Fsp3) is 0.0714. The minimum Gasteiger partial charge on any atom is -0.437 e. The molecule has 0 saturated heterocycles. The molecule has 0 aliphatic carbocycles. The molecule has 0 aliphatic rings. The van der Waals surface area contributed by atoms with Crippen molar-refractivity contribution >= 4 is 23.1 Å². The Morgan fingerprint density at radius 2 is 2.30 bits per heavy atom. The molecule has 2 N–H and O–H groups in total. The van der Waals surface area contributed by atoms with Crippen molar-refractivity contribution in [3.63, 3.8) is 0 Å². The van der Waals surface area contributed by atoms with E-state index in [1.54, 1.807) is 12.4 Å². The van der Waals surface area contributed by atoms with Crippen molar-refractivity contribution in [3.05, 3.63) is 54.5 Å². The van der Waals surface area contributed by atoms with Gasteiger partial charge in [0.25, 0.3) is 0 Å². The lowest BCUT2D eigenvalue weighted by molar-refractivity contribution is -0.116. The lowest BCUT2D eigenvalue weighted by atomic mass is 10.3. The van der Waals surface area contributed by atoms with Gasteiger partial charge in [-0.1, -0.05) is 12.1 Å². The van der Waals surface area contributed by atoms with E-state index in [4.69, 9.17) is 4.42 Å². The molecule has 0 atom stereocenters. The van der Waals surface area contributed by atoms with Gasteiger partial charge in [0.05, 0.1) is 6.54 Å². The first-order valence-electron chi connectivity index (χ1n) is 6.11. The number of imidazole rings is 1. The number of aromatic amines is 1. The second kappa shape index (κ2) is 5.40. The quantitative estimate of drug-likeness (QED) is 0.708. The maximum absolute atomic E-state index is 11.6. The Bertz CT molecular complexity index is 710. The van der Waals surface area contributed by atoms with Crippen LogP contribution < -0.4 is 5.32 Å². The van der Waals surface area contributed by atoms with Crippen molar-refractivity contribution in [2.24, 2.45) is 0 Å². The molecule has 0 aliphatic heterocycles. The molecule has 3 rings (SSSR count). The first-order chi connectivity index (χ1) is 9.81. The number of nitrogens with zero attached hydrogens (tertiary/aromatic N) is 2. The summed E-state index contributed by atoms with van der Waals surface area (Å²) in [6.45, 7) is 0.351. The number of nitrogens with one attached hydrogen (secondary N) is 2. The van der Waals surface area contributed by atoms with Gasteiger partial charge in [-0.3, -0.25) is 4.79 Å². The molecule has 1 amide bonds. The van der Waals surface area contributed by atoms with Crippen LogP contribution in [-0.2, 0) is 11.3 Å². The SMILES string of the molecule is O=C(C=Cc1nc2ccccc2o1)NCc1ncc[nH]1. The van der Waals surface area contributed by atoms with Gasteiger partial charge in [0.15, 0.2) is 5.58 Å². The lowest BCUT2D eigenvalue weighted by Gasteiger charge is -1.97. The standard InChI is InChI=1S/C14H12N4O2/c19-13(17-9-12-15-7-8-16-12)5-6-14-18-10-3-1-2-4-11(10)20-14/h1-8H,9H2,(H,15,16)(H,17,19). The van der Waals surface area contributed by atoms with Crippen molar-refractivity contribution in [1.82, 2.24) is 20.3 Å². The minimum absolute atomic E-state index is 0.233. The van der Waals surface area contributed by atoms with Gasteiger partial charge in [-0.15, -0.1) is 0 Å². The largest absolute Gasteiger partial charge is 0.437 e. The molecular formula is C14H12N4O2. The Balaban J connectivity index is 1.62. The van der Waals surface area contributed by atoms with E-state index in [0.717, 1.165) is 5.52 Å². The van der Waals surface area contributed by atoms with E-state index in [9.17, 15) is 4.79 Å². The molecule has 2 heterocycles. The van der Waals surface area contributed by atoms with Crippen molar-refractivity contribution in [2.45, 2.75) is 6.54 Å². The number of oxazole rings is 1. The summed E-state index contributed by atoms with van der Waals surface area (Å²) < 4.78 is 5.47. The highest BCUT2D eigenvalue weighted by Gasteiger charge is 2.02. The number of carbonyl (C=O) groups is 1. The molecule has 20 heavy (non-hydrogen) atoms. The first kappa shape index (κ1) is 12.2. The number of amides is 1. The molecule has 0 bridgehead atoms. The summed E-state index contributed by atoms with van der Waals surface area (Å²) in [5.41, 5.74) is 1.46. The molecular weight excluding hydrogens is 256 g/mol. The molecule has 0 fully saturated rings. The van der Waals surface area contributed by atoms with Crippen LogP contribution in [0.1, 0.15) is 11.7 Å². The highest BCUT2D eigenvalue weighted by molar-refractivity contribution is 5.91. The van der Waals surface area contributed by atoms with Crippen LogP contribution in [0.15, 0.2) is 47.2 Å². The Morgan fingerprint density at radius 3 is 3.10 bits per heavy atom. The Morgan fingerprint density at radius 1 is 1.40 bits per heavy atom. The summed E-state index contributed by atoms with van der Waals surface area (Å²) in [6.07, 6.45) is 6.26. The van der Waals surface area contributed by atoms with Crippen LogP contribution in [0.2, 0.25) is 0 Å². The smallest absolute Gasteiger partial charge is 0.244 e. The van der Waals surface area contributed by atoms with E-state index in [2.05, 4.69) is 20.3 Å². The Labute approximate surface area is 114 Å². The van der Waals surface area contributed by atoms with E-state index in [0.29, 0.717) is 23.8 Å². The third-order valence-corrected chi connectivity index (χ3v) is 2.67. The monoisotopic (exact) mass is 268 g/mol. The summed E-state index contributed by atoms with van der Waals surface area (Å²) in [4.78, 5) is 22.8. The molecule has 6 nitrogen and oxygen atoms in total. The van der Waals surface area contributed by atoms with Crippen LogP contribution in [0.4, 0.5) is 0 Å². The maximum Gasteiger partial charge on any atom is 0.244 e. The number of benzene rings is 1. The number of hydrogen-bond donors (Lipinski definition) is 2. The summed E-state index contributed by atoms with van der Waals surface area (Å²) >= 11 is 0. The number of fused-ring (bicyclic) bond motifs is 1. The second-order valence-electron chi connectivity index (χ2n) is 4.11. The van der Waals surface area contributed by atoms with Crippen LogP contribution in [-0.4, -0.2) is 20.9 Å². The van der Waals surface area contributed by atoms with E-state index in [1.807, 2.05) is 24.3 Å². The van der Waals surface area contributed by atoms with E-state index < -0.39 is 0 Å². The molecule has 0 radical (unpaired) electrons. The molecule has 0 unspecified atom stereocenters. The van der Waals surface area contributed by atoms with Crippen LogP contribution in [0.25, 0.3) is 17.2 Å². The van der Waals surface area contributed by atoms with Crippen LogP contribution >= 0.6 is 0 Å². The summed E-state index contributed by atoms with van der Waals surface area (Å²) in [5, 5.41) is 2.70. The fourth-order valence-corrected chi connectivity index (χ4v) is 1.73. The number of hydrogen-bond acceptors (Lipinski definition) is 4. The predicted octanol–water partition coefficient (Wildman–Crippen LogP) is 1.88. The third-order valence-electron chi connectivity index (χ3n) is 2.67. The maximum atomic E-state index is 11.6. The zero-order valence-corrected chi connectivity index (χ0v) is 10.5. The van der Waals surface area contributed by atoms with Gasteiger partial charge in [-0.05, 0) is 12.1 Å². The van der Waals surface area contributed by atoms with Crippen LogP contribution in [0.5, 0.6) is 0 Å². The number of aromatic nitrogens is 3. The van der Waals surface area contributed by atoms with Crippen molar-refractivity contribution in [2.75, 3.05) is 0 Å². The average molecular weight is 268 g/mol. The lowest BCUT2D eigenvalue weighted by Crippen LogP contribution is -2.20. The number of para-hydroxylation sites is 2. The van der Waals surface area contributed by atoms with Crippen LogP contribution in [0.3, 0.4) is 0 Å². The molecule has 0 spiro atoms. The third kappa shape index (κ3) is 2.74. The second-order valence-corrected chi connectivity index (χ2v) is 4.11. The van der Waals surface area contributed by atoms with Crippen molar-refractivity contribution in [3.8, 4) is 0 Å². The molecule has 3 aromatic rings. The first-order valence-corrected chi connectivity index (χ1v) is 6.11. The van der Waals surface area contributed by atoms with E-state index in [-0.39, 0.29) is 5.91 Å². The van der Waals surface area contributed by atoms with Crippen molar-refractivity contribution in [1.29, 1.82) is 0 Å². The average Bonchev–Trinajstić information content (AvgIpc) is 3.11. The summed E-state index contributed by atoms with van der Waals surface area (Å²) in [5.74, 6) is 0.872. The summed E-state index contributed by atoms with van der Waals surface area (Å²) in [6, 6.07) is 7.44. The van der Waals surface area contributed by atoms with Gasteiger partial charge >= 0.3 is 0 Å². The normalized spacial score (nSPS) is 11.2. The number of carbonyl (C=O) groups excluding carboxylic acids is 1. The van der Waals surface area contributed by atoms with Gasteiger partial charge in [-0.2, -0.15) is 0 Å². The zero-order valence-electron chi connectivity index (χ0n) is 10.5. The van der Waals surface area contributed by atoms with Gasteiger partial charge in [0.2, 0.25) is 11.8 Å². The molecule has 0 saturated carbocycles. The molecule has 6 heteroatoms. The Hall–Kier alpha value is -2.89. The van der Waals surface area contributed by atoms with E-state index in [1.165, 1.54) is 12.2 Å². The van der Waals surface area contributed by atoms with E-state index >= 15 is 0 Å². The predicted molar refractivity (Wildman–Crippen MR) is 73.5 cm³/mol. The fourth-order valence-electron chi connectivity index (χ4n) is 1.73. The zero-order chi connectivity index (χ0) is 13.8. The highest BCUT2D eigenvalue weighted by atomic mass is 16.3. The summed E-state index contributed by atoms with van der Waals surface area (Å²) in [7, 11) is 0. The van der Waals surface area contributed by atoms with Gasteiger partial charge in [0.1, 0.15) is 11.3 Å². The topological polar surface area (TPSA) is 83.8 Å².